The number of nitrogens with one attached hydrogen (secondary N) is 1. The Labute approximate surface area is 97.6 Å². The van der Waals surface area contributed by atoms with E-state index in [-0.39, 0.29) is 11.6 Å². The van der Waals surface area contributed by atoms with Crippen LogP contribution in [0.1, 0.15) is 25.7 Å². The molecule has 2 aliphatic rings. The number of ether oxygens (including phenoxy) is 1. The van der Waals surface area contributed by atoms with Gasteiger partial charge in [-0.25, -0.2) is 0 Å². The van der Waals surface area contributed by atoms with Crippen molar-refractivity contribution >= 4 is 0 Å². The average Bonchev–Trinajstić information content (AvgIpc) is 2.39. The van der Waals surface area contributed by atoms with Crippen LogP contribution in [-0.4, -0.2) is 49.8 Å². The number of nitrogens with zero attached hydrogens (tertiary/aromatic N) is 2. The van der Waals surface area contributed by atoms with Gasteiger partial charge in [0, 0.05) is 39.7 Å². The Balaban J connectivity index is 2.08. The fourth-order valence-corrected chi connectivity index (χ4v) is 2.96. The molecule has 1 aliphatic heterocycles. The number of piperazine rings is 1. The van der Waals surface area contributed by atoms with Crippen LogP contribution in [0.2, 0.25) is 0 Å². The summed E-state index contributed by atoms with van der Waals surface area (Å²) in [6, 6.07) is 2.57. The molecule has 4 heteroatoms. The molecule has 4 nitrogen and oxygen atoms in total. The minimum Gasteiger partial charge on any atom is -0.381 e. The van der Waals surface area contributed by atoms with Crippen molar-refractivity contribution < 1.29 is 4.74 Å². The predicted octanol–water partition coefficient (Wildman–Crippen LogP) is 0.743. The number of hydrogen-bond acceptors (Lipinski definition) is 4. The van der Waals surface area contributed by atoms with Crippen LogP contribution in [0.25, 0.3) is 0 Å². The first kappa shape index (κ1) is 11.8. The Morgan fingerprint density at radius 1 is 1.44 bits per heavy atom. The molecule has 0 radical (unpaired) electrons. The summed E-state index contributed by atoms with van der Waals surface area (Å²) in [5.74, 6) is 0. The summed E-state index contributed by atoms with van der Waals surface area (Å²) in [6.07, 6.45) is 4.36. The van der Waals surface area contributed by atoms with Crippen molar-refractivity contribution in [3.8, 4) is 6.07 Å². The Hall–Kier alpha value is -0.630. The molecule has 0 spiro atoms. The predicted molar refractivity (Wildman–Crippen MR) is 62.1 cm³/mol. The van der Waals surface area contributed by atoms with E-state index in [2.05, 4.69) is 16.3 Å². The van der Waals surface area contributed by atoms with Crippen molar-refractivity contribution in [3.63, 3.8) is 0 Å². The van der Waals surface area contributed by atoms with E-state index >= 15 is 0 Å². The normalized spacial score (nSPS) is 36.9. The van der Waals surface area contributed by atoms with Crippen molar-refractivity contribution in [2.75, 3.05) is 33.3 Å². The topological polar surface area (TPSA) is 48.3 Å². The van der Waals surface area contributed by atoms with Crippen LogP contribution in [0.15, 0.2) is 0 Å². The van der Waals surface area contributed by atoms with Crippen molar-refractivity contribution in [3.05, 3.63) is 0 Å². The lowest BCUT2D eigenvalue weighted by molar-refractivity contribution is -0.00385. The van der Waals surface area contributed by atoms with E-state index in [4.69, 9.17) is 4.74 Å². The third-order valence-electron chi connectivity index (χ3n) is 3.95. The third-order valence-corrected chi connectivity index (χ3v) is 3.95. The molecule has 16 heavy (non-hydrogen) atoms. The van der Waals surface area contributed by atoms with Crippen LogP contribution in [-0.2, 0) is 4.74 Å². The molecule has 1 saturated heterocycles. The van der Waals surface area contributed by atoms with Crippen LogP contribution in [0.5, 0.6) is 0 Å². The van der Waals surface area contributed by atoms with E-state index in [1.54, 1.807) is 7.11 Å². The summed E-state index contributed by atoms with van der Waals surface area (Å²) >= 11 is 0. The summed E-state index contributed by atoms with van der Waals surface area (Å²) in [4.78, 5) is 2.36. The summed E-state index contributed by atoms with van der Waals surface area (Å²) in [5, 5.41) is 12.9. The van der Waals surface area contributed by atoms with Gasteiger partial charge in [-0.2, -0.15) is 5.26 Å². The van der Waals surface area contributed by atoms with Crippen molar-refractivity contribution in [1.82, 2.24) is 10.2 Å². The molecule has 2 fully saturated rings. The zero-order valence-corrected chi connectivity index (χ0v) is 10.0. The van der Waals surface area contributed by atoms with Gasteiger partial charge in [0.25, 0.3) is 0 Å². The van der Waals surface area contributed by atoms with E-state index in [1.165, 1.54) is 0 Å². The number of nitriles is 1. The lowest BCUT2D eigenvalue weighted by atomic mass is 9.79. The van der Waals surface area contributed by atoms with Crippen LogP contribution < -0.4 is 5.32 Å². The van der Waals surface area contributed by atoms with Gasteiger partial charge >= 0.3 is 0 Å². The van der Waals surface area contributed by atoms with Gasteiger partial charge in [-0.3, -0.25) is 4.90 Å². The Bertz CT molecular complexity index is 270. The Kier molecular flexibility index (Phi) is 3.80. The van der Waals surface area contributed by atoms with Crippen LogP contribution in [0, 0.1) is 11.3 Å². The maximum atomic E-state index is 9.54. The summed E-state index contributed by atoms with van der Waals surface area (Å²) in [7, 11) is 1.76. The highest BCUT2D eigenvalue weighted by atomic mass is 16.5. The third kappa shape index (κ3) is 2.22. The van der Waals surface area contributed by atoms with Gasteiger partial charge in [-0.1, -0.05) is 0 Å². The number of methoxy groups -OCH3 is 1. The average molecular weight is 223 g/mol. The van der Waals surface area contributed by atoms with Crippen LogP contribution in [0.4, 0.5) is 0 Å². The monoisotopic (exact) mass is 223 g/mol. The van der Waals surface area contributed by atoms with E-state index < -0.39 is 0 Å². The first-order valence-corrected chi connectivity index (χ1v) is 6.20. The number of rotatable bonds is 2. The lowest BCUT2D eigenvalue weighted by Gasteiger charge is -2.45. The van der Waals surface area contributed by atoms with E-state index in [0.29, 0.717) is 0 Å². The van der Waals surface area contributed by atoms with Crippen LogP contribution >= 0.6 is 0 Å². The minimum absolute atomic E-state index is 0.263. The molecule has 1 heterocycles. The summed E-state index contributed by atoms with van der Waals surface area (Å²) in [6.45, 7) is 3.98. The maximum Gasteiger partial charge on any atom is 0.111 e. The fourth-order valence-electron chi connectivity index (χ4n) is 2.96. The van der Waals surface area contributed by atoms with Crippen molar-refractivity contribution in [2.24, 2.45) is 0 Å². The first-order valence-electron chi connectivity index (χ1n) is 6.20. The summed E-state index contributed by atoms with van der Waals surface area (Å²) in [5.41, 5.74) is -0.263. The van der Waals surface area contributed by atoms with E-state index in [9.17, 15) is 5.26 Å². The molecule has 2 atom stereocenters. The van der Waals surface area contributed by atoms with Gasteiger partial charge in [-0.15, -0.1) is 0 Å². The highest BCUT2D eigenvalue weighted by Gasteiger charge is 2.42. The van der Waals surface area contributed by atoms with Gasteiger partial charge < -0.3 is 10.1 Å². The maximum absolute atomic E-state index is 9.54. The molecule has 0 amide bonds. The van der Waals surface area contributed by atoms with E-state index in [1.807, 2.05) is 0 Å². The molecular weight excluding hydrogens is 202 g/mol. The van der Waals surface area contributed by atoms with Gasteiger partial charge in [0.15, 0.2) is 0 Å². The SMILES string of the molecule is COC1CCCC(C#N)(N2CCNCC2)C1. The molecule has 90 valence electrons. The highest BCUT2D eigenvalue weighted by Crippen LogP contribution is 2.34. The first-order chi connectivity index (χ1) is 7.80. The smallest absolute Gasteiger partial charge is 0.111 e. The van der Waals surface area contributed by atoms with Crippen molar-refractivity contribution in [1.29, 1.82) is 5.26 Å². The lowest BCUT2D eigenvalue weighted by Crippen LogP contribution is -2.58. The second kappa shape index (κ2) is 5.13. The Morgan fingerprint density at radius 3 is 2.81 bits per heavy atom. The van der Waals surface area contributed by atoms with Crippen LogP contribution in [0.3, 0.4) is 0 Å². The summed E-state index contributed by atoms with van der Waals surface area (Å²) < 4.78 is 5.45. The Morgan fingerprint density at radius 2 is 2.19 bits per heavy atom. The highest BCUT2D eigenvalue weighted by molar-refractivity contribution is 5.12. The van der Waals surface area contributed by atoms with Gasteiger partial charge in [0.1, 0.15) is 5.54 Å². The molecule has 0 aromatic heterocycles. The van der Waals surface area contributed by atoms with Gasteiger partial charge in [-0.05, 0) is 19.3 Å². The molecule has 1 aliphatic carbocycles. The largest absolute Gasteiger partial charge is 0.381 e. The zero-order chi connectivity index (χ0) is 11.4. The second-order valence-electron chi connectivity index (χ2n) is 4.83. The zero-order valence-electron chi connectivity index (χ0n) is 10.0. The second-order valence-corrected chi connectivity index (χ2v) is 4.83. The molecular formula is C12H21N3O. The molecule has 0 aromatic rings. The molecule has 0 aromatic carbocycles. The number of hydrogen-bond donors (Lipinski definition) is 1. The fraction of sp³-hybridized carbons (Fsp3) is 0.917. The molecule has 2 rings (SSSR count). The van der Waals surface area contributed by atoms with Gasteiger partial charge in [0.2, 0.25) is 0 Å². The van der Waals surface area contributed by atoms with Gasteiger partial charge in [0.05, 0.1) is 12.2 Å². The van der Waals surface area contributed by atoms with Crippen molar-refractivity contribution in [2.45, 2.75) is 37.3 Å². The minimum atomic E-state index is -0.263. The molecule has 1 N–H and O–H groups in total. The molecule has 0 bridgehead atoms. The molecule has 1 saturated carbocycles. The standard InChI is InChI=1S/C12H21N3O/c1-16-11-3-2-4-12(9-11,10-13)15-7-5-14-6-8-15/h11,14H,2-9H2,1H3. The quantitative estimate of drug-likeness (QED) is 0.750. The molecule has 2 unspecified atom stereocenters. The van der Waals surface area contributed by atoms with E-state index in [0.717, 1.165) is 51.9 Å².